The van der Waals surface area contributed by atoms with E-state index in [0.29, 0.717) is 19.4 Å². The summed E-state index contributed by atoms with van der Waals surface area (Å²) in [6.45, 7) is 0.298. The molecule has 2 aromatic rings. The normalized spacial score (nSPS) is 19.8. The fourth-order valence-corrected chi connectivity index (χ4v) is 3.45. The minimum absolute atomic E-state index is 0.0113. The van der Waals surface area contributed by atoms with Crippen molar-refractivity contribution in [3.05, 3.63) is 53.3 Å². The number of carboxylic acid groups (broad SMARTS) is 1. The van der Waals surface area contributed by atoms with Gasteiger partial charge in [0.2, 0.25) is 11.8 Å². The average Bonchev–Trinajstić information content (AvgIpc) is 3.08. The van der Waals surface area contributed by atoms with E-state index in [4.69, 9.17) is 5.11 Å². The first kappa shape index (κ1) is 18.6. The summed E-state index contributed by atoms with van der Waals surface area (Å²) in [7, 11) is 3.51. The molecule has 0 unspecified atom stereocenters. The summed E-state index contributed by atoms with van der Waals surface area (Å²) < 4.78 is 1.65. The van der Waals surface area contributed by atoms with Crippen molar-refractivity contribution in [2.24, 2.45) is 13.0 Å². The molecule has 1 aromatic heterocycles. The zero-order chi connectivity index (χ0) is 19.6. The number of nitrogens with zero attached hydrogens (tertiary/aromatic N) is 3. The summed E-state index contributed by atoms with van der Waals surface area (Å²) in [4.78, 5) is 37.5. The molecule has 8 nitrogen and oxygen atoms in total. The van der Waals surface area contributed by atoms with Crippen LogP contribution in [0.4, 0.5) is 0 Å². The van der Waals surface area contributed by atoms with Crippen molar-refractivity contribution in [3.63, 3.8) is 0 Å². The smallest absolute Gasteiger partial charge is 0.335 e. The average molecular weight is 370 g/mol. The van der Waals surface area contributed by atoms with Gasteiger partial charge in [-0.25, -0.2) is 4.79 Å². The zero-order valence-corrected chi connectivity index (χ0v) is 15.3. The summed E-state index contributed by atoms with van der Waals surface area (Å²) in [6, 6.07) is 6.02. The third-order valence-corrected chi connectivity index (χ3v) is 4.93. The molecule has 0 saturated carbocycles. The van der Waals surface area contributed by atoms with Gasteiger partial charge < -0.3 is 15.3 Å². The van der Waals surface area contributed by atoms with Crippen LogP contribution in [-0.4, -0.2) is 44.6 Å². The predicted molar refractivity (Wildman–Crippen MR) is 96.7 cm³/mol. The van der Waals surface area contributed by atoms with Gasteiger partial charge in [-0.05, 0) is 24.1 Å². The first-order valence-corrected chi connectivity index (χ1v) is 8.71. The van der Waals surface area contributed by atoms with E-state index in [2.05, 4.69) is 10.4 Å². The summed E-state index contributed by atoms with van der Waals surface area (Å²) in [5, 5.41) is 16.0. The van der Waals surface area contributed by atoms with Crippen LogP contribution in [0, 0.1) is 5.92 Å². The molecule has 2 N–H and O–H groups in total. The van der Waals surface area contributed by atoms with E-state index in [1.165, 1.54) is 12.1 Å². The first-order valence-electron chi connectivity index (χ1n) is 8.71. The molecule has 0 spiro atoms. The Balaban J connectivity index is 1.71. The number of nitrogens with one attached hydrogen (secondary N) is 1. The van der Waals surface area contributed by atoms with Gasteiger partial charge >= 0.3 is 5.97 Å². The Hall–Kier alpha value is -3.16. The van der Waals surface area contributed by atoms with Crippen LogP contribution in [0.2, 0.25) is 0 Å². The van der Waals surface area contributed by atoms with Gasteiger partial charge in [0.15, 0.2) is 0 Å². The lowest BCUT2D eigenvalue weighted by Gasteiger charge is -2.37. The van der Waals surface area contributed by atoms with Gasteiger partial charge in [-0.3, -0.25) is 14.3 Å². The molecule has 1 fully saturated rings. The lowest BCUT2D eigenvalue weighted by atomic mass is 9.85. The minimum atomic E-state index is -0.986. The molecule has 1 aliphatic heterocycles. The SMILES string of the molecule is CN1C(=O)CC[C@@H](C(=O)NCc2ccc(C(=O)O)cc2)[C@@H]1c1cnn(C)c1. The molecule has 0 radical (unpaired) electrons. The molecule has 2 amide bonds. The van der Waals surface area contributed by atoms with Crippen LogP contribution in [0.5, 0.6) is 0 Å². The topological polar surface area (TPSA) is 105 Å². The Labute approximate surface area is 156 Å². The van der Waals surface area contributed by atoms with Gasteiger partial charge in [-0.1, -0.05) is 12.1 Å². The summed E-state index contributed by atoms with van der Waals surface area (Å²) in [6.07, 6.45) is 4.32. The highest BCUT2D eigenvalue weighted by Crippen LogP contribution is 2.35. The zero-order valence-electron chi connectivity index (χ0n) is 15.3. The van der Waals surface area contributed by atoms with Gasteiger partial charge in [0.1, 0.15) is 0 Å². The predicted octanol–water partition coefficient (Wildman–Crippen LogP) is 1.34. The van der Waals surface area contributed by atoms with Crippen LogP contribution >= 0.6 is 0 Å². The number of rotatable bonds is 5. The van der Waals surface area contributed by atoms with Crippen LogP contribution in [0.15, 0.2) is 36.7 Å². The van der Waals surface area contributed by atoms with Crippen molar-refractivity contribution in [1.82, 2.24) is 20.0 Å². The van der Waals surface area contributed by atoms with E-state index in [-0.39, 0.29) is 29.3 Å². The Kier molecular flexibility index (Phi) is 5.25. The largest absolute Gasteiger partial charge is 0.478 e. The molecule has 27 heavy (non-hydrogen) atoms. The molecule has 0 bridgehead atoms. The van der Waals surface area contributed by atoms with E-state index in [0.717, 1.165) is 11.1 Å². The molecule has 2 atom stereocenters. The number of benzene rings is 1. The number of carbonyl (C=O) groups excluding carboxylic acids is 2. The molecule has 1 saturated heterocycles. The monoisotopic (exact) mass is 370 g/mol. The van der Waals surface area contributed by atoms with Crippen molar-refractivity contribution >= 4 is 17.8 Å². The minimum Gasteiger partial charge on any atom is -0.478 e. The van der Waals surface area contributed by atoms with Crippen LogP contribution < -0.4 is 5.32 Å². The number of carboxylic acids is 1. The maximum atomic E-state index is 12.8. The number of aryl methyl sites for hydroxylation is 1. The highest BCUT2D eigenvalue weighted by atomic mass is 16.4. The number of carbonyl (C=O) groups is 3. The molecule has 0 aliphatic carbocycles. The number of likely N-dealkylation sites (tertiary alicyclic amines) is 1. The second kappa shape index (κ2) is 7.61. The van der Waals surface area contributed by atoms with Gasteiger partial charge in [0, 0.05) is 38.8 Å². The Morgan fingerprint density at radius 1 is 1.26 bits per heavy atom. The van der Waals surface area contributed by atoms with Crippen molar-refractivity contribution in [1.29, 1.82) is 0 Å². The van der Waals surface area contributed by atoms with Crippen LogP contribution in [0.25, 0.3) is 0 Å². The van der Waals surface area contributed by atoms with Crippen molar-refractivity contribution in [2.45, 2.75) is 25.4 Å². The number of piperidine rings is 1. The molecular weight excluding hydrogens is 348 g/mol. The lowest BCUT2D eigenvalue weighted by molar-refractivity contribution is -0.141. The Morgan fingerprint density at radius 3 is 2.56 bits per heavy atom. The Bertz CT molecular complexity index is 859. The summed E-state index contributed by atoms with van der Waals surface area (Å²) >= 11 is 0. The lowest BCUT2D eigenvalue weighted by Crippen LogP contribution is -2.46. The third-order valence-electron chi connectivity index (χ3n) is 4.93. The summed E-state index contributed by atoms with van der Waals surface area (Å²) in [5.74, 6) is -1.47. The summed E-state index contributed by atoms with van der Waals surface area (Å²) in [5.41, 5.74) is 1.85. The molecule has 2 heterocycles. The van der Waals surface area contributed by atoms with E-state index in [1.807, 2.05) is 6.20 Å². The molecule has 1 aliphatic rings. The maximum Gasteiger partial charge on any atom is 0.335 e. The number of hydrogen-bond acceptors (Lipinski definition) is 4. The maximum absolute atomic E-state index is 12.8. The Morgan fingerprint density at radius 2 is 1.96 bits per heavy atom. The fourth-order valence-electron chi connectivity index (χ4n) is 3.45. The van der Waals surface area contributed by atoms with Crippen molar-refractivity contribution in [3.8, 4) is 0 Å². The third kappa shape index (κ3) is 3.99. The second-order valence-corrected chi connectivity index (χ2v) is 6.76. The van der Waals surface area contributed by atoms with Gasteiger partial charge in [0.25, 0.3) is 0 Å². The van der Waals surface area contributed by atoms with E-state index < -0.39 is 5.97 Å². The van der Waals surface area contributed by atoms with Crippen LogP contribution in [0.3, 0.4) is 0 Å². The number of amides is 2. The van der Waals surface area contributed by atoms with Crippen LogP contribution in [0.1, 0.15) is 40.4 Å². The quantitative estimate of drug-likeness (QED) is 0.827. The number of aromatic carboxylic acids is 1. The standard InChI is InChI=1S/C19H22N4O4/c1-22-11-14(10-21-22)17-15(7-8-16(24)23(17)2)18(25)20-9-12-3-5-13(6-4-12)19(26)27/h3-6,10-11,15,17H,7-9H2,1-2H3,(H,20,25)(H,26,27)/t15-,17+/m1/s1. The second-order valence-electron chi connectivity index (χ2n) is 6.76. The highest BCUT2D eigenvalue weighted by molar-refractivity contribution is 5.87. The number of aromatic nitrogens is 2. The first-order chi connectivity index (χ1) is 12.9. The van der Waals surface area contributed by atoms with E-state index in [9.17, 15) is 14.4 Å². The molecule has 142 valence electrons. The molecule has 1 aromatic carbocycles. The molecule has 8 heteroatoms. The van der Waals surface area contributed by atoms with Gasteiger partial charge in [0.05, 0.1) is 23.7 Å². The van der Waals surface area contributed by atoms with Crippen molar-refractivity contribution < 1.29 is 19.5 Å². The van der Waals surface area contributed by atoms with Gasteiger partial charge in [-0.2, -0.15) is 5.10 Å². The number of hydrogen-bond donors (Lipinski definition) is 2. The molecule has 3 rings (SSSR count). The highest BCUT2D eigenvalue weighted by Gasteiger charge is 2.39. The van der Waals surface area contributed by atoms with Gasteiger partial charge in [-0.15, -0.1) is 0 Å². The van der Waals surface area contributed by atoms with Crippen molar-refractivity contribution in [2.75, 3.05) is 7.05 Å². The van der Waals surface area contributed by atoms with Crippen LogP contribution in [-0.2, 0) is 23.2 Å². The fraction of sp³-hybridized carbons (Fsp3) is 0.368. The molecular formula is C19H22N4O4. The van der Waals surface area contributed by atoms with E-state index >= 15 is 0 Å². The van der Waals surface area contributed by atoms with E-state index in [1.54, 1.807) is 42.0 Å².